The molecule has 3 aromatic rings. The van der Waals surface area contributed by atoms with Crippen molar-refractivity contribution in [3.63, 3.8) is 0 Å². The molecule has 2 aromatic carbocycles. The summed E-state index contributed by atoms with van der Waals surface area (Å²) in [7, 11) is 1.35. The van der Waals surface area contributed by atoms with Gasteiger partial charge in [0.05, 0.1) is 18.7 Å². The van der Waals surface area contributed by atoms with Crippen molar-refractivity contribution < 1.29 is 19.1 Å². The van der Waals surface area contributed by atoms with E-state index in [4.69, 9.17) is 9.47 Å². The highest BCUT2D eigenvalue weighted by Crippen LogP contribution is 2.28. The van der Waals surface area contributed by atoms with E-state index in [2.05, 4.69) is 4.98 Å². The van der Waals surface area contributed by atoms with E-state index in [1.165, 1.54) is 7.11 Å². The Labute approximate surface area is 150 Å². The van der Waals surface area contributed by atoms with Crippen molar-refractivity contribution in [2.24, 2.45) is 0 Å². The number of amides is 1. The zero-order valence-corrected chi connectivity index (χ0v) is 14.3. The summed E-state index contributed by atoms with van der Waals surface area (Å²) in [6.07, 6.45) is 0.334. The minimum atomic E-state index is -0.398. The number of benzene rings is 2. The molecule has 0 bridgehead atoms. The number of cyclic esters (lactones) is 1. The number of anilines is 1. The molecule has 0 aliphatic carbocycles. The maximum atomic E-state index is 12.3. The number of H-pyrrole nitrogens is 1. The van der Waals surface area contributed by atoms with Crippen molar-refractivity contribution in [3.8, 4) is 0 Å². The van der Waals surface area contributed by atoms with Gasteiger partial charge in [0.25, 0.3) is 0 Å². The Hall–Kier alpha value is -3.28. The minimum Gasteiger partial charge on any atom is -0.465 e. The average Bonchev–Trinajstić information content (AvgIpc) is 3.24. The van der Waals surface area contributed by atoms with Crippen molar-refractivity contribution >= 4 is 28.8 Å². The molecule has 132 valence electrons. The predicted octanol–water partition coefficient (Wildman–Crippen LogP) is 3.52. The van der Waals surface area contributed by atoms with E-state index < -0.39 is 5.97 Å². The Morgan fingerprint density at radius 2 is 2.04 bits per heavy atom. The summed E-state index contributed by atoms with van der Waals surface area (Å²) in [6, 6.07) is 17.1. The molecule has 1 amide bonds. The SMILES string of the molecule is COC(=O)c1ccc2cc(N3C(=O)OC[C@@H]3Cc3ccccc3)[nH]c2c1. The maximum Gasteiger partial charge on any atom is 0.415 e. The van der Waals surface area contributed by atoms with Gasteiger partial charge in [0.2, 0.25) is 0 Å². The molecule has 0 saturated carbocycles. The van der Waals surface area contributed by atoms with Crippen LogP contribution in [0.4, 0.5) is 10.6 Å². The molecule has 0 unspecified atom stereocenters. The Bertz CT molecular complexity index is 964. The number of carbonyl (C=O) groups excluding carboxylic acids is 2. The second-order valence-corrected chi connectivity index (χ2v) is 6.24. The number of esters is 1. The summed E-state index contributed by atoms with van der Waals surface area (Å²) in [5.74, 6) is 0.260. The highest BCUT2D eigenvalue weighted by molar-refractivity contribution is 5.98. The van der Waals surface area contributed by atoms with Crippen LogP contribution in [0, 0.1) is 0 Å². The first-order chi connectivity index (χ1) is 12.7. The quantitative estimate of drug-likeness (QED) is 0.731. The molecular weight excluding hydrogens is 332 g/mol. The normalized spacial score (nSPS) is 16.7. The molecule has 1 aliphatic heterocycles. The minimum absolute atomic E-state index is 0.0851. The first-order valence-corrected chi connectivity index (χ1v) is 8.36. The summed E-state index contributed by atoms with van der Waals surface area (Å²) in [5, 5.41) is 0.908. The van der Waals surface area contributed by atoms with Crippen LogP contribution >= 0.6 is 0 Å². The number of nitrogens with zero attached hydrogens (tertiary/aromatic N) is 1. The number of aromatic amines is 1. The first-order valence-electron chi connectivity index (χ1n) is 8.36. The number of aromatic nitrogens is 1. The van der Waals surface area contributed by atoms with Crippen molar-refractivity contribution in [1.82, 2.24) is 4.98 Å². The van der Waals surface area contributed by atoms with Crippen molar-refractivity contribution in [2.75, 3.05) is 18.6 Å². The Morgan fingerprint density at radius 1 is 1.23 bits per heavy atom. The lowest BCUT2D eigenvalue weighted by molar-refractivity contribution is 0.0601. The van der Waals surface area contributed by atoms with Crippen LogP contribution < -0.4 is 4.90 Å². The molecule has 1 saturated heterocycles. The third-order valence-corrected chi connectivity index (χ3v) is 4.56. The van der Waals surface area contributed by atoms with Gasteiger partial charge in [-0.3, -0.25) is 4.90 Å². The lowest BCUT2D eigenvalue weighted by atomic mass is 10.1. The summed E-state index contributed by atoms with van der Waals surface area (Å²) in [5.41, 5.74) is 2.36. The van der Waals surface area contributed by atoms with Gasteiger partial charge in [-0.2, -0.15) is 0 Å². The molecule has 0 spiro atoms. The third-order valence-electron chi connectivity index (χ3n) is 4.56. The van der Waals surface area contributed by atoms with Gasteiger partial charge in [-0.15, -0.1) is 0 Å². The maximum absolute atomic E-state index is 12.3. The van der Waals surface area contributed by atoms with Crippen molar-refractivity contribution in [1.29, 1.82) is 0 Å². The van der Waals surface area contributed by atoms with Crippen LogP contribution in [0.2, 0.25) is 0 Å². The predicted molar refractivity (Wildman–Crippen MR) is 97.4 cm³/mol. The van der Waals surface area contributed by atoms with Crippen LogP contribution in [0.1, 0.15) is 15.9 Å². The second kappa shape index (κ2) is 6.55. The topological polar surface area (TPSA) is 71.6 Å². The molecule has 1 atom stereocenters. The highest BCUT2D eigenvalue weighted by Gasteiger charge is 2.35. The van der Waals surface area contributed by atoms with Crippen molar-refractivity contribution in [2.45, 2.75) is 12.5 Å². The van der Waals surface area contributed by atoms with Gasteiger partial charge in [0.15, 0.2) is 0 Å². The molecule has 1 N–H and O–H groups in total. The number of hydrogen-bond donors (Lipinski definition) is 1. The fourth-order valence-corrected chi connectivity index (χ4v) is 3.28. The van der Waals surface area contributed by atoms with Gasteiger partial charge >= 0.3 is 12.1 Å². The van der Waals surface area contributed by atoms with Crippen molar-refractivity contribution in [3.05, 3.63) is 65.7 Å². The van der Waals surface area contributed by atoms with E-state index in [1.807, 2.05) is 42.5 Å². The van der Waals surface area contributed by atoms with Crippen LogP contribution in [0.3, 0.4) is 0 Å². The summed E-state index contributed by atoms with van der Waals surface area (Å²) in [4.78, 5) is 28.9. The molecule has 26 heavy (non-hydrogen) atoms. The lowest BCUT2D eigenvalue weighted by Crippen LogP contribution is -2.35. The van der Waals surface area contributed by atoms with Crippen LogP contribution in [-0.4, -0.2) is 36.8 Å². The summed E-state index contributed by atoms with van der Waals surface area (Å²) in [6.45, 7) is 0.344. The number of hydrogen-bond acceptors (Lipinski definition) is 4. The van der Waals surface area contributed by atoms with Gasteiger partial charge in [0.1, 0.15) is 12.4 Å². The van der Waals surface area contributed by atoms with E-state index in [-0.39, 0.29) is 12.1 Å². The van der Waals surface area contributed by atoms with E-state index in [0.717, 1.165) is 16.5 Å². The molecule has 2 heterocycles. The number of nitrogens with one attached hydrogen (secondary N) is 1. The standard InChI is InChI=1S/C20H18N2O4/c1-25-19(23)15-8-7-14-11-18(21-17(14)10-15)22-16(12-26-20(22)24)9-13-5-3-2-4-6-13/h2-8,10-11,16,21H,9,12H2,1H3/t16-/m0/s1. The Morgan fingerprint density at radius 3 is 2.81 bits per heavy atom. The summed E-state index contributed by atoms with van der Waals surface area (Å²) < 4.78 is 10.0. The molecule has 6 nitrogen and oxygen atoms in total. The zero-order chi connectivity index (χ0) is 18.1. The molecule has 1 aromatic heterocycles. The second-order valence-electron chi connectivity index (χ2n) is 6.24. The third kappa shape index (κ3) is 2.90. The lowest BCUT2D eigenvalue weighted by Gasteiger charge is -2.19. The zero-order valence-electron chi connectivity index (χ0n) is 14.3. The van der Waals surface area contributed by atoms with Gasteiger partial charge in [0, 0.05) is 10.9 Å². The van der Waals surface area contributed by atoms with Crippen LogP contribution in [0.15, 0.2) is 54.6 Å². The van der Waals surface area contributed by atoms with Crippen LogP contribution in [0.25, 0.3) is 10.9 Å². The van der Waals surface area contributed by atoms with Gasteiger partial charge in [-0.05, 0) is 30.2 Å². The Kier molecular flexibility index (Phi) is 4.08. The number of methoxy groups -OCH3 is 1. The molecule has 1 aliphatic rings. The number of ether oxygens (including phenoxy) is 2. The van der Waals surface area contributed by atoms with Crippen LogP contribution in [-0.2, 0) is 15.9 Å². The number of rotatable bonds is 4. The first kappa shape index (κ1) is 16.2. The van der Waals surface area contributed by atoms with E-state index in [9.17, 15) is 9.59 Å². The van der Waals surface area contributed by atoms with E-state index in [1.54, 1.807) is 17.0 Å². The largest absolute Gasteiger partial charge is 0.465 e. The van der Waals surface area contributed by atoms with E-state index in [0.29, 0.717) is 24.4 Å². The summed E-state index contributed by atoms with van der Waals surface area (Å²) >= 11 is 0. The fourth-order valence-electron chi connectivity index (χ4n) is 3.28. The van der Waals surface area contributed by atoms with Gasteiger partial charge < -0.3 is 14.5 Å². The Balaban J connectivity index is 1.65. The fraction of sp³-hybridized carbons (Fsp3) is 0.200. The van der Waals surface area contributed by atoms with Gasteiger partial charge in [-0.1, -0.05) is 36.4 Å². The number of carbonyl (C=O) groups is 2. The smallest absolute Gasteiger partial charge is 0.415 e. The van der Waals surface area contributed by atoms with E-state index >= 15 is 0 Å². The molecule has 6 heteroatoms. The molecule has 4 rings (SSSR count). The average molecular weight is 350 g/mol. The molecule has 1 fully saturated rings. The highest BCUT2D eigenvalue weighted by atomic mass is 16.6. The van der Waals surface area contributed by atoms with Crippen LogP contribution in [0.5, 0.6) is 0 Å². The monoisotopic (exact) mass is 350 g/mol. The number of fused-ring (bicyclic) bond motifs is 1. The molecular formula is C20H18N2O4. The van der Waals surface area contributed by atoms with Gasteiger partial charge in [-0.25, -0.2) is 9.59 Å². The molecule has 0 radical (unpaired) electrons.